The van der Waals surface area contributed by atoms with Crippen molar-refractivity contribution in [3.05, 3.63) is 11.1 Å². The predicted molar refractivity (Wildman–Crippen MR) is 41.9 cm³/mol. The highest BCUT2D eigenvalue weighted by Gasteiger charge is 2.06. The number of nitrogen functional groups attached to an aromatic ring is 1. The zero-order valence-corrected chi connectivity index (χ0v) is 6.59. The molecule has 0 bridgehead atoms. The Morgan fingerprint density at radius 1 is 1.73 bits per heavy atom. The molecule has 0 amide bonds. The fraction of sp³-hybridized carbons (Fsp3) is 0.167. The van der Waals surface area contributed by atoms with Crippen LogP contribution < -0.4 is 10.5 Å². The molecule has 1 aromatic rings. The topological polar surface area (TPSA) is 68.4 Å². The zero-order valence-electron chi connectivity index (χ0n) is 5.84. The molecule has 0 aliphatic heterocycles. The number of nitrogens with zero attached hydrogens (tertiary/aromatic N) is 1. The summed E-state index contributed by atoms with van der Waals surface area (Å²) in [5.74, 6) is 0.0732. The molecule has 0 radical (unpaired) electrons. The van der Waals surface area contributed by atoms with E-state index in [1.807, 2.05) is 0 Å². The van der Waals surface area contributed by atoms with Crippen LogP contribution in [-0.2, 0) is 0 Å². The maximum absolute atomic E-state index is 8.99. The molecule has 0 saturated heterocycles. The second-order valence-electron chi connectivity index (χ2n) is 1.88. The average molecular weight is 175 g/mol. The molecule has 0 aliphatic rings. The summed E-state index contributed by atoms with van der Waals surface area (Å²) < 4.78 is 4.75. The lowest BCUT2D eigenvalue weighted by atomic mass is 10.4. The highest BCUT2D eigenvalue weighted by molar-refractivity contribution is 6.32. The minimum absolute atomic E-state index is 0.00579. The van der Waals surface area contributed by atoms with Gasteiger partial charge in [0.05, 0.1) is 7.11 Å². The maximum Gasteiger partial charge on any atom is 0.234 e. The number of methoxy groups -OCH3 is 1. The van der Waals surface area contributed by atoms with Crippen LogP contribution in [0.3, 0.4) is 0 Å². The summed E-state index contributed by atoms with van der Waals surface area (Å²) in [5.41, 5.74) is 5.27. The van der Waals surface area contributed by atoms with Crippen LogP contribution in [-0.4, -0.2) is 17.2 Å². The van der Waals surface area contributed by atoms with Gasteiger partial charge < -0.3 is 15.6 Å². The molecule has 1 aromatic heterocycles. The van der Waals surface area contributed by atoms with Crippen molar-refractivity contribution in [2.24, 2.45) is 0 Å². The molecule has 0 spiro atoms. The Labute approximate surface area is 68.6 Å². The first kappa shape index (κ1) is 7.94. The minimum atomic E-state index is -0.143. The van der Waals surface area contributed by atoms with Crippen molar-refractivity contribution in [1.82, 2.24) is 4.98 Å². The van der Waals surface area contributed by atoms with Gasteiger partial charge in [0.25, 0.3) is 0 Å². The SMILES string of the molecule is COc1nc(N)c(O)cc1Cl. The summed E-state index contributed by atoms with van der Waals surface area (Å²) in [4.78, 5) is 3.66. The Balaban J connectivity index is 3.21. The molecule has 0 fully saturated rings. The summed E-state index contributed by atoms with van der Waals surface area (Å²) in [6.07, 6.45) is 0. The molecule has 1 heterocycles. The van der Waals surface area contributed by atoms with Gasteiger partial charge in [0.15, 0.2) is 11.6 Å². The molecule has 0 unspecified atom stereocenters. The zero-order chi connectivity index (χ0) is 8.43. The second kappa shape index (κ2) is 2.84. The van der Waals surface area contributed by atoms with E-state index < -0.39 is 0 Å². The molecule has 0 aliphatic carbocycles. The Kier molecular flexibility index (Phi) is 2.05. The summed E-state index contributed by atoms with van der Waals surface area (Å²) in [6, 6.07) is 1.28. The molecule has 5 heteroatoms. The van der Waals surface area contributed by atoms with Gasteiger partial charge in [-0.05, 0) is 0 Å². The van der Waals surface area contributed by atoms with Crippen LogP contribution in [0.25, 0.3) is 0 Å². The van der Waals surface area contributed by atoms with Gasteiger partial charge in [-0.25, -0.2) is 0 Å². The molecule has 60 valence electrons. The van der Waals surface area contributed by atoms with Crippen LogP contribution in [0, 0.1) is 0 Å². The third kappa shape index (κ3) is 1.46. The van der Waals surface area contributed by atoms with Crippen LogP contribution >= 0.6 is 11.6 Å². The van der Waals surface area contributed by atoms with E-state index >= 15 is 0 Å². The molecule has 3 N–H and O–H groups in total. The summed E-state index contributed by atoms with van der Waals surface area (Å²) in [6.45, 7) is 0. The van der Waals surface area contributed by atoms with E-state index in [1.54, 1.807) is 0 Å². The number of ether oxygens (including phenoxy) is 1. The van der Waals surface area contributed by atoms with Crippen LogP contribution in [0.15, 0.2) is 6.07 Å². The first-order valence-corrected chi connectivity index (χ1v) is 3.22. The van der Waals surface area contributed by atoms with Crippen LogP contribution in [0.1, 0.15) is 0 Å². The number of halogens is 1. The van der Waals surface area contributed by atoms with E-state index in [0.717, 1.165) is 0 Å². The van der Waals surface area contributed by atoms with Crippen molar-refractivity contribution >= 4 is 17.4 Å². The molecule has 0 aromatic carbocycles. The van der Waals surface area contributed by atoms with Gasteiger partial charge in [-0.15, -0.1) is 0 Å². The predicted octanol–water partition coefficient (Wildman–Crippen LogP) is 1.03. The van der Waals surface area contributed by atoms with Gasteiger partial charge in [-0.2, -0.15) is 4.98 Å². The highest BCUT2D eigenvalue weighted by atomic mass is 35.5. The molecule has 0 saturated carbocycles. The van der Waals surface area contributed by atoms with Gasteiger partial charge in [-0.1, -0.05) is 11.6 Å². The third-order valence-electron chi connectivity index (χ3n) is 1.15. The van der Waals surface area contributed by atoms with Gasteiger partial charge in [0.1, 0.15) is 5.02 Å². The van der Waals surface area contributed by atoms with Crippen molar-refractivity contribution in [3.63, 3.8) is 0 Å². The lowest BCUT2D eigenvalue weighted by Gasteiger charge is -2.03. The maximum atomic E-state index is 8.99. The van der Waals surface area contributed by atoms with Crippen LogP contribution in [0.4, 0.5) is 5.82 Å². The van der Waals surface area contributed by atoms with Gasteiger partial charge in [0.2, 0.25) is 5.88 Å². The fourth-order valence-electron chi connectivity index (χ4n) is 0.619. The minimum Gasteiger partial charge on any atom is -0.504 e. The van der Waals surface area contributed by atoms with Crippen molar-refractivity contribution in [2.45, 2.75) is 0 Å². The lowest BCUT2D eigenvalue weighted by molar-refractivity contribution is 0.395. The molecule has 11 heavy (non-hydrogen) atoms. The van der Waals surface area contributed by atoms with Gasteiger partial charge in [-0.3, -0.25) is 0 Å². The average Bonchev–Trinajstić information content (AvgIpc) is 1.97. The van der Waals surface area contributed by atoms with Crippen molar-refractivity contribution in [2.75, 3.05) is 12.8 Å². The Morgan fingerprint density at radius 2 is 2.36 bits per heavy atom. The van der Waals surface area contributed by atoms with Crippen molar-refractivity contribution in [1.29, 1.82) is 0 Å². The standard InChI is InChI=1S/C6H7ClN2O2/c1-11-6-3(7)2-4(10)5(8)9-6/h2,10H,1H3,(H2,8,9). The van der Waals surface area contributed by atoms with E-state index in [-0.39, 0.29) is 22.5 Å². The number of rotatable bonds is 1. The summed E-state index contributed by atoms with van der Waals surface area (Å²) >= 11 is 5.60. The van der Waals surface area contributed by atoms with Crippen LogP contribution in [0.5, 0.6) is 11.6 Å². The van der Waals surface area contributed by atoms with Crippen molar-refractivity contribution in [3.8, 4) is 11.6 Å². The fourth-order valence-corrected chi connectivity index (χ4v) is 0.842. The molecule has 4 nitrogen and oxygen atoms in total. The van der Waals surface area contributed by atoms with E-state index in [9.17, 15) is 0 Å². The quantitative estimate of drug-likeness (QED) is 0.667. The molecule has 1 rings (SSSR count). The van der Waals surface area contributed by atoms with E-state index in [1.165, 1.54) is 13.2 Å². The number of anilines is 1. The summed E-state index contributed by atoms with van der Waals surface area (Å²) in [5, 5.41) is 9.23. The highest BCUT2D eigenvalue weighted by Crippen LogP contribution is 2.29. The van der Waals surface area contributed by atoms with Crippen LogP contribution in [0.2, 0.25) is 5.02 Å². The van der Waals surface area contributed by atoms with Gasteiger partial charge in [0, 0.05) is 6.07 Å². The molecular formula is C6H7ClN2O2. The number of nitrogens with two attached hydrogens (primary N) is 1. The Hall–Kier alpha value is -1.16. The monoisotopic (exact) mass is 174 g/mol. The van der Waals surface area contributed by atoms with E-state index in [0.29, 0.717) is 0 Å². The number of hydrogen-bond donors (Lipinski definition) is 2. The molecule has 0 atom stereocenters. The number of pyridine rings is 1. The Morgan fingerprint density at radius 3 is 2.91 bits per heavy atom. The number of aromatic hydroxyl groups is 1. The second-order valence-corrected chi connectivity index (χ2v) is 2.29. The van der Waals surface area contributed by atoms with Gasteiger partial charge >= 0.3 is 0 Å². The van der Waals surface area contributed by atoms with E-state index in [2.05, 4.69) is 4.98 Å². The van der Waals surface area contributed by atoms with Crippen molar-refractivity contribution < 1.29 is 9.84 Å². The largest absolute Gasteiger partial charge is 0.504 e. The summed E-state index contributed by atoms with van der Waals surface area (Å²) in [7, 11) is 1.42. The first-order valence-electron chi connectivity index (χ1n) is 2.84. The lowest BCUT2D eigenvalue weighted by Crippen LogP contribution is -1.94. The molecular weight excluding hydrogens is 168 g/mol. The van der Waals surface area contributed by atoms with E-state index in [4.69, 9.17) is 27.2 Å². The number of hydrogen-bond acceptors (Lipinski definition) is 4. The normalized spacial score (nSPS) is 9.64. The first-order chi connectivity index (χ1) is 5.15. The number of aromatic nitrogens is 1. The smallest absolute Gasteiger partial charge is 0.234 e. The Bertz CT molecular complexity index is 278. The third-order valence-corrected chi connectivity index (χ3v) is 1.42.